The van der Waals surface area contributed by atoms with Gasteiger partial charge >= 0.3 is 0 Å². The molecule has 34 heavy (non-hydrogen) atoms. The minimum Gasteiger partial charge on any atom is -0.497 e. The van der Waals surface area contributed by atoms with Crippen molar-refractivity contribution in [3.63, 3.8) is 0 Å². The van der Waals surface area contributed by atoms with Crippen molar-refractivity contribution >= 4 is 11.9 Å². The third kappa shape index (κ3) is 3.26. The molecule has 3 aliphatic rings. The van der Waals surface area contributed by atoms with Crippen LogP contribution in [-0.2, 0) is 18.3 Å². The molecule has 1 aromatic heterocycles. The third-order valence-electron chi connectivity index (χ3n) is 8.86. The number of benzene rings is 2. The zero-order valence-corrected chi connectivity index (χ0v) is 20.3. The number of carbonyl (C=O) groups is 1. The number of hydrogen-bond acceptors (Lipinski definition) is 3. The first-order valence-electron chi connectivity index (χ1n) is 12.5. The standard InChI is InChI=1S/C30H32N2O2/c1-30-14-13-25-24-12-10-23(34-3)16-20(24)9-11-26(25)27(30)17-21(29(30)33)15-22-18-28(32(2)31-22)19-7-5-4-6-8-19/h4-8,10,12,15-16,18,25-27H,9,11,13-14,17H2,1-3H3/b21-15+/t25-,26-,27+,30-/m1/s1. The van der Waals surface area contributed by atoms with Crippen molar-refractivity contribution in [3.8, 4) is 17.0 Å². The lowest BCUT2D eigenvalue weighted by Crippen LogP contribution is -2.42. The average molecular weight is 453 g/mol. The molecule has 0 radical (unpaired) electrons. The lowest BCUT2D eigenvalue weighted by Gasteiger charge is -2.48. The smallest absolute Gasteiger partial charge is 0.165 e. The molecule has 2 aromatic carbocycles. The van der Waals surface area contributed by atoms with E-state index < -0.39 is 0 Å². The van der Waals surface area contributed by atoms with Gasteiger partial charge in [0.15, 0.2) is 5.78 Å². The van der Waals surface area contributed by atoms with Crippen LogP contribution in [0.25, 0.3) is 17.3 Å². The summed E-state index contributed by atoms with van der Waals surface area (Å²) in [6.45, 7) is 2.23. The Morgan fingerprint density at radius 3 is 2.74 bits per heavy atom. The number of ketones is 1. The van der Waals surface area contributed by atoms with Gasteiger partial charge in [-0.15, -0.1) is 0 Å². The van der Waals surface area contributed by atoms with Crippen LogP contribution in [0.3, 0.4) is 0 Å². The van der Waals surface area contributed by atoms with Crippen molar-refractivity contribution in [1.29, 1.82) is 0 Å². The predicted octanol–water partition coefficient (Wildman–Crippen LogP) is 6.21. The fraction of sp³-hybridized carbons (Fsp3) is 0.400. The number of methoxy groups -OCH3 is 1. The van der Waals surface area contributed by atoms with Gasteiger partial charge in [0.2, 0.25) is 0 Å². The molecule has 4 atom stereocenters. The van der Waals surface area contributed by atoms with Crippen molar-refractivity contribution < 1.29 is 9.53 Å². The first kappa shape index (κ1) is 21.4. The van der Waals surface area contributed by atoms with Crippen LogP contribution >= 0.6 is 0 Å². The van der Waals surface area contributed by atoms with Gasteiger partial charge in [-0.25, -0.2) is 0 Å². The highest BCUT2D eigenvalue weighted by atomic mass is 16.5. The molecule has 3 aliphatic carbocycles. The number of aromatic nitrogens is 2. The number of ether oxygens (including phenoxy) is 1. The number of allylic oxidation sites excluding steroid dienone is 1. The highest BCUT2D eigenvalue weighted by Crippen LogP contribution is 2.60. The minimum atomic E-state index is -0.242. The van der Waals surface area contributed by atoms with E-state index in [9.17, 15) is 4.79 Å². The van der Waals surface area contributed by atoms with E-state index in [2.05, 4.69) is 49.4 Å². The van der Waals surface area contributed by atoms with E-state index in [0.717, 1.165) is 60.4 Å². The van der Waals surface area contributed by atoms with Gasteiger partial charge < -0.3 is 4.74 Å². The fourth-order valence-corrected chi connectivity index (χ4v) is 7.10. The topological polar surface area (TPSA) is 44.1 Å². The van der Waals surface area contributed by atoms with Gasteiger partial charge in [-0.1, -0.05) is 43.3 Å². The first-order valence-corrected chi connectivity index (χ1v) is 12.5. The Hall–Kier alpha value is -3.14. The van der Waals surface area contributed by atoms with E-state index in [1.807, 2.05) is 29.9 Å². The molecule has 0 unspecified atom stereocenters. The maximum Gasteiger partial charge on any atom is 0.165 e. The van der Waals surface area contributed by atoms with Crippen LogP contribution in [-0.4, -0.2) is 22.7 Å². The second-order valence-electron chi connectivity index (χ2n) is 10.6. The predicted molar refractivity (Wildman–Crippen MR) is 135 cm³/mol. The number of hydrogen-bond donors (Lipinski definition) is 0. The largest absolute Gasteiger partial charge is 0.497 e. The molecule has 0 spiro atoms. The van der Waals surface area contributed by atoms with Gasteiger partial charge in [0, 0.05) is 12.5 Å². The Morgan fingerprint density at radius 2 is 1.94 bits per heavy atom. The number of fused-ring (bicyclic) bond motifs is 5. The number of rotatable bonds is 3. The van der Waals surface area contributed by atoms with Gasteiger partial charge in [-0.2, -0.15) is 5.10 Å². The summed E-state index contributed by atoms with van der Waals surface area (Å²) in [5.74, 6) is 2.84. The molecule has 2 saturated carbocycles. The van der Waals surface area contributed by atoms with Crippen LogP contribution in [0.1, 0.15) is 55.3 Å². The Bertz CT molecular complexity index is 1290. The van der Waals surface area contributed by atoms with Crippen molar-refractivity contribution in [2.75, 3.05) is 7.11 Å². The van der Waals surface area contributed by atoms with E-state index in [4.69, 9.17) is 9.84 Å². The van der Waals surface area contributed by atoms with Crippen molar-refractivity contribution in [2.45, 2.75) is 44.9 Å². The van der Waals surface area contributed by atoms with E-state index in [1.54, 1.807) is 7.11 Å². The normalized spacial score (nSPS) is 29.0. The van der Waals surface area contributed by atoms with Gasteiger partial charge in [0.25, 0.3) is 0 Å². The average Bonchev–Trinajstić information content (AvgIpc) is 3.35. The van der Waals surface area contributed by atoms with Crippen LogP contribution in [0.5, 0.6) is 5.75 Å². The summed E-state index contributed by atoms with van der Waals surface area (Å²) >= 11 is 0. The summed E-state index contributed by atoms with van der Waals surface area (Å²) in [6, 6.07) is 19.0. The van der Waals surface area contributed by atoms with E-state index >= 15 is 0 Å². The van der Waals surface area contributed by atoms with Crippen molar-refractivity contribution in [1.82, 2.24) is 9.78 Å². The molecule has 0 bridgehead atoms. The maximum absolute atomic E-state index is 13.7. The fourth-order valence-electron chi connectivity index (χ4n) is 7.10. The third-order valence-corrected chi connectivity index (χ3v) is 8.86. The molecule has 1 heterocycles. The van der Waals surface area contributed by atoms with Gasteiger partial charge in [0.1, 0.15) is 5.75 Å². The lowest BCUT2D eigenvalue weighted by molar-refractivity contribution is -0.127. The number of nitrogens with zero attached hydrogens (tertiary/aromatic N) is 2. The summed E-state index contributed by atoms with van der Waals surface area (Å²) in [7, 11) is 3.71. The summed E-state index contributed by atoms with van der Waals surface area (Å²) in [6.07, 6.45) is 7.24. The van der Waals surface area contributed by atoms with Gasteiger partial charge in [-0.3, -0.25) is 9.48 Å². The Labute approximate surface area is 201 Å². The number of carbonyl (C=O) groups excluding carboxylic acids is 1. The number of Topliss-reactive ketones (excluding diaryl/α,β-unsaturated/α-hetero) is 1. The van der Waals surface area contributed by atoms with Crippen LogP contribution < -0.4 is 4.74 Å². The van der Waals surface area contributed by atoms with Crippen LogP contribution in [0.4, 0.5) is 0 Å². The molecule has 174 valence electrons. The Balaban J connectivity index is 1.31. The maximum atomic E-state index is 13.7. The Kier molecular flexibility index (Phi) is 5.02. The molecule has 0 amide bonds. The monoisotopic (exact) mass is 452 g/mol. The van der Waals surface area contributed by atoms with Crippen LogP contribution in [0, 0.1) is 17.3 Å². The summed E-state index contributed by atoms with van der Waals surface area (Å²) in [5.41, 5.74) is 6.73. The summed E-state index contributed by atoms with van der Waals surface area (Å²) in [4.78, 5) is 13.7. The molecule has 4 nitrogen and oxygen atoms in total. The van der Waals surface area contributed by atoms with Gasteiger partial charge in [-0.05, 0) is 96.4 Å². The lowest BCUT2D eigenvalue weighted by atomic mass is 9.55. The zero-order valence-electron chi connectivity index (χ0n) is 20.3. The summed E-state index contributed by atoms with van der Waals surface area (Å²) in [5, 5.41) is 4.73. The highest BCUT2D eigenvalue weighted by Gasteiger charge is 2.56. The zero-order chi connectivity index (χ0) is 23.4. The van der Waals surface area contributed by atoms with Crippen LogP contribution in [0.15, 0.2) is 60.2 Å². The molecule has 0 N–H and O–H groups in total. The molecule has 2 fully saturated rings. The summed E-state index contributed by atoms with van der Waals surface area (Å²) < 4.78 is 7.38. The second kappa shape index (κ2) is 7.97. The Morgan fingerprint density at radius 1 is 1.12 bits per heavy atom. The van der Waals surface area contributed by atoms with Gasteiger partial charge in [0.05, 0.1) is 18.5 Å². The van der Waals surface area contributed by atoms with Crippen molar-refractivity contribution in [3.05, 3.63) is 77.0 Å². The number of aryl methyl sites for hydroxylation is 2. The van der Waals surface area contributed by atoms with Crippen molar-refractivity contribution in [2.24, 2.45) is 24.3 Å². The molecule has 6 rings (SSSR count). The molecule has 4 heteroatoms. The van der Waals surface area contributed by atoms with Crippen LogP contribution in [0.2, 0.25) is 0 Å². The molecular weight excluding hydrogens is 420 g/mol. The quantitative estimate of drug-likeness (QED) is 0.444. The molecule has 0 aliphatic heterocycles. The van der Waals surface area contributed by atoms with E-state index in [1.165, 1.54) is 11.1 Å². The van der Waals surface area contributed by atoms with E-state index in [0.29, 0.717) is 23.5 Å². The second-order valence-corrected chi connectivity index (χ2v) is 10.6. The minimum absolute atomic E-state index is 0.242. The molecular formula is C30H32N2O2. The SMILES string of the molecule is COc1ccc2c(c1)CC[C@@H]1[C@@H]2CC[C@@]2(C)C(=O)/C(=C/c3cc(-c4ccccc4)n(C)n3)C[C@@H]12. The van der Waals surface area contributed by atoms with E-state index in [-0.39, 0.29) is 5.41 Å². The molecule has 0 saturated heterocycles. The first-order chi connectivity index (χ1) is 16.5. The highest BCUT2D eigenvalue weighted by molar-refractivity contribution is 6.05. The molecule has 3 aromatic rings.